The molecule has 4 nitrogen and oxygen atoms in total. The lowest BCUT2D eigenvalue weighted by Crippen LogP contribution is -2.07. The van der Waals surface area contributed by atoms with Crippen LogP contribution in [0.1, 0.15) is 48.5 Å². The quantitative estimate of drug-likeness (QED) is 0.927. The van der Waals surface area contributed by atoms with Gasteiger partial charge in [-0.05, 0) is 37.5 Å². The summed E-state index contributed by atoms with van der Waals surface area (Å²) in [5.41, 5.74) is 3.62. The van der Waals surface area contributed by atoms with E-state index < -0.39 is 0 Å². The van der Waals surface area contributed by atoms with E-state index in [2.05, 4.69) is 33.4 Å². The van der Waals surface area contributed by atoms with Crippen molar-refractivity contribution >= 4 is 5.69 Å². The summed E-state index contributed by atoms with van der Waals surface area (Å²) >= 11 is 0. The molecule has 0 spiro atoms. The Morgan fingerprint density at radius 1 is 1.33 bits per heavy atom. The van der Waals surface area contributed by atoms with Gasteiger partial charge in [0.1, 0.15) is 6.07 Å². The van der Waals surface area contributed by atoms with Crippen LogP contribution in [-0.2, 0) is 6.54 Å². The van der Waals surface area contributed by atoms with Crippen molar-refractivity contribution in [2.75, 3.05) is 5.32 Å². The zero-order valence-electron chi connectivity index (χ0n) is 12.3. The fourth-order valence-corrected chi connectivity index (χ4v) is 2.99. The molecule has 0 bridgehead atoms. The van der Waals surface area contributed by atoms with Crippen molar-refractivity contribution in [2.24, 2.45) is 0 Å². The maximum atomic E-state index is 9.23. The first-order valence-corrected chi connectivity index (χ1v) is 7.55. The van der Waals surface area contributed by atoms with Crippen molar-refractivity contribution in [3.8, 4) is 6.07 Å². The highest BCUT2D eigenvalue weighted by Crippen LogP contribution is 2.28. The first-order chi connectivity index (χ1) is 10.3. The van der Waals surface area contributed by atoms with Gasteiger partial charge in [-0.3, -0.25) is 4.68 Å². The highest BCUT2D eigenvalue weighted by molar-refractivity contribution is 5.60. The number of benzene rings is 1. The summed E-state index contributed by atoms with van der Waals surface area (Å²) in [6.45, 7) is 2.61. The normalized spacial score (nSPS) is 15.0. The second-order valence-electron chi connectivity index (χ2n) is 5.69. The fraction of sp³-hybridized carbons (Fsp3) is 0.412. The number of anilines is 1. The van der Waals surface area contributed by atoms with Crippen LogP contribution in [0, 0.1) is 18.3 Å². The van der Waals surface area contributed by atoms with Gasteiger partial charge in [-0.15, -0.1) is 0 Å². The molecular weight excluding hydrogens is 260 g/mol. The van der Waals surface area contributed by atoms with Gasteiger partial charge in [-0.1, -0.05) is 25.0 Å². The number of nitrogens with zero attached hydrogens (tertiary/aromatic N) is 3. The molecule has 1 aromatic heterocycles. The maximum absolute atomic E-state index is 9.23. The molecule has 4 heteroatoms. The molecule has 1 fully saturated rings. The second-order valence-corrected chi connectivity index (χ2v) is 5.69. The van der Waals surface area contributed by atoms with E-state index >= 15 is 0 Å². The van der Waals surface area contributed by atoms with Gasteiger partial charge < -0.3 is 5.32 Å². The van der Waals surface area contributed by atoms with Gasteiger partial charge in [-0.25, -0.2) is 0 Å². The summed E-state index contributed by atoms with van der Waals surface area (Å²) in [5, 5.41) is 17.2. The van der Waals surface area contributed by atoms with Crippen LogP contribution in [0.4, 0.5) is 5.69 Å². The Balaban J connectivity index is 1.68. The minimum Gasteiger partial charge on any atom is -0.378 e. The highest BCUT2D eigenvalue weighted by atomic mass is 15.3. The van der Waals surface area contributed by atoms with Gasteiger partial charge in [-0.2, -0.15) is 10.4 Å². The fourth-order valence-electron chi connectivity index (χ4n) is 2.99. The molecule has 0 atom stereocenters. The number of hydrogen-bond donors (Lipinski definition) is 1. The third-order valence-electron chi connectivity index (χ3n) is 4.21. The zero-order valence-corrected chi connectivity index (χ0v) is 12.3. The first-order valence-electron chi connectivity index (χ1n) is 7.55. The Morgan fingerprint density at radius 2 is 2.14 bits per heavy atom. The van der Waals surface area contributed by atoms with Crippen LogP contribution in [0.25, 0.3) is 0 Å². The lowest BCUT2D eigenvalue weighted by Gasteiger charge is -2.10. The molecule has 1 aromatic carbocycles. The van der Waals surface area contributed by atoms with Crippen molar-refractivity contribution in [1.29, 1.82) is 5.26 Å². The van der Waals surface area contributed by atoms with Crippen molar-refractivity contribution in [3.05, 3.63) is 47.3 Å². The summed E-state index contributed by atoms with van der Waals surface area (Å²) in [5.74, 6) is 0. The van der Waals surface area contributed by atoms with Crippen LogP contribution in [0.2, 0.25) is 0 Å². The molecule has 3 rings (SSSR count). The summed E-state index contributed by atoms with van der Waals surface area (Å²) < 4.78 is 2.10. The molecule has 0 aliphatic heterocycles. The Bertz CT molecular complexity index is 660. The molecule has 0 saturated heterocycles. The van der Waals surface area contributed by atoms with Gasteiger partial charge >= 0.3 is 0 Å². The second kappa shape index (κ2) is 6.01. The van der Waals surface area contributed by atoms with Gasteiger partial charge in [0.05, 0.1) is 29.5 Å². The molecule has 2 aromatic rings. The Hall–Kier alpha value is -2.28. The molecule has 21 heavy (non-hydrogen) atoms. The van der Waals surface area contributed by atoms with Gasteiger partial charge in [0.2, 0.25) is 0 Å². The molecular formula is C17H20N4. The largest absolute Gasteiger partial charge is 0.378 e. The van der Waals surface area contributed by atoms with Crippen molar-refractivity contribution < 1.29 is 0 Å². The molecule has 0 radical (unpaired) electrons. The minimum atomic E-state index is 0.576. The molecule has 1 heterocycles. The van der Waals surface area contributed by atoms with Crippen LogP contribution < -0.4 is 5.32 Å². The van der Waals surface area contributed by atoms with Crippen molar-refractivity contribution in [1.82, 2.24) is 9.78 Å². The third-order valence-corrected chi connectivity index (χ3v) is 4.21. The monoisotopic (exact) mass is 280 g/mol. The highest BCUT2D eigenvalue weighted by Gasteiger charge is 2.17. The lowest BCUT2D eigenvalue weighted by atomic mass is 10.1. The van der Waals surface area contributed by atoms with Gasteiger partial charge in [0, 0.05) is 6.20 Å². The number of aromatic nitrogens is 2. The number of rotatable bonds is 4. The molecule has 1 N–H and O–H groups in total. The molecule has 0 unspecified atom stereocenters. The standard InChI is InChI=1S/C17H20N4/c1-13-5-4-8-17(16(13)11-18)19-12-14-9-10-21(20-14)15-6-2-3-7-15/h4-5,8-10,15,19H,2-3,6-7,12H2,1H3. The van der Waals surface area contributed by atoms with E-state index in [1.807, 2.05) is 25.1 Å². The van der Waals surface area contributed by atoms with Crippen LogP contribution in [0.5, 0.6) is 0 Å². The van der Waals surface area contributed by atoms with E-state index in [0.29, 0.717) is 18.2 Å². The van der Waals surface area contributed by atoms with E-state index in [-0.39, 0.29) is 0 Å². The molecule has 1 aliphatic rings. The molecule has 1 saturated carbocycles. The molecule has 1 aliphatic carbocycles. The first kappa shape index (κ1) is 13.7. The van der Waals surface area contributed by atoms with Crippen LogP contribution in [0.15, 0.2) is 30.5 Å². The van der Waals surface area contributed by atoms with Crippen LogP contribution in [-0.4, -0.2) is 9.78 Å². The lowest BCUT2D eigenvalue weighted by molar-refractivity contribution is 0.463. The van der Waals surface area contributed by atoms with Crippen molar-refractivity contribution in [3.63, 3.8) is 0 Å². The van der Waals surface area contributed by atoms with Crippen molar-refractivity contribution in [2.45, 2.75) is 45.2 Å². The number of nitriles is 1. The maximum Gasteiger partial charge on any atom is 0.102 e. The predicted octanol–water partition coefficient (Wildman–Crippen LogP) is 3.79. The molecule has 0 amide bonds. The topological polar surface area (TPSA) is 53.6 Å². The van der Waals surface area contributed by atoms with Crippen LogP contribution in [0.3, 0.4) is 0 Å². The third kappa shape index (κ3) is 2.92. The number of nitrogens with one attached hydrogen (secondary N) is 1. The van der Waals surface area contributed by atoms with Gasteiger partial charge in [0.25, 0.3) is 0 Å². The van der Waals surface area contributed by atoms with E-state index in [1.54, 1.807) is 0 Å². The number of hydrogen-bond acceptors (Lipinski definition) is 3. The summed E-state index contributed by atoms with van der Waals surface area (Å²) in [4.78, 5) is 0. The Morgan fingerprint density at radius 3 is 2.90 bits per heavy atom. The van der Waals surface area contributed by atoms with Gasteiger partial charge in [0.15, 0.2) is 0 Å². The summed E-state index contributed by atoms with van der Waals surface area (Å²) in [6.07, 6.45) is 7.18. The SMILES string of the molecule is Cc1cccc(NCc2ccn(C3CCCC3)n2)c1C#N. The average molecular weight is 280 g/mol. The van der Waals surface area contributed by atoms with E-state index in [1.165, 1.54) is 25.7 Å². The minimum absolute atomic E-state index is 0.576. The predicted molar refractivity (Wildman–Crippen MR) is 83.0 cm³/mol. The van der Waals surface area contributed by atoms with E-state index in [0.717, 1.165) is 16.9 Å². The summed E-state index contributed by atoms with van der Waals surface area (Å²) in [7, 11) is 0. The van der Waals surface area contributed by atoms with E-state index in [4.69, 9.17) is 0 Å². The zero-order chi connectivity index (χ0) is 14.7. The average Bonchev–Trinajstić information content (AvgIpc) is 3.16. The Labute approximate surface area is 125 Å². The van der Waals surface area contributed by atoms with E-state index in [9.17, 15) is 5.26 Å². The Kier molecular flexibility index (Phi) is 3.92. The molecule has 108 valence electrons. The number of aryl methyl sites for hydroxylation is 1. The van der Waals surface area contributed by atoms with Crippen LogP contribution >= 0.6 is 0 Å². The summed E-state index contributed by atoms with van der Waals surface area (Å²) in [6, 6.07) is 10.8. The smallest absolute Gasteiger partial charge is 0.102 e.